The normalized spacial score (nSPS) is 11.0. The summed E-state index contributed by atoms with van der Waals surface area (Å²) in [6, 6.07) is 5.44. The molecule has 114 valence electrons. The van der Waals surface area contributed by atoms with Gasteiger partial charge in [-0.3, -0.25) is 4.79 Å². The molecule has 3 rings (SSSR count). The van der Waals surface area contributed by atoms with Crippen LogP contribution in [0.3, 0.4) is 0 Å². The Hall–Kier alpha value is -1.99. The fourth-order valence-corrected chi connectivity index (χ4v) is 3.74. The minimum absolute atomic E-state index is 0.0656. The lowest BCUT2D eigenvalue weighted by atomic mass is 10.2. The SMILES string of the molecule is Cc1csc(CCCNC(=O)c2ccc3nc(N)sc3c2)n1. The second kappa shape index (κ2) is 6.41. The summed E-state index contributed by atoms with van der Waals surface area (Å²) in [5.74, 6) is -0.0656. The largest absolute Gasteiger partial charge is 0.375 e. The van der Waals surface area contributed by atoms with Crippen molar-refractivity contribution < 1.29 is 4.79 Å². The molecule has 2 heterocycles. The fraction of sp³-hybridized carbons (Fsp3) is 0.267. The highest BCUT2D eigenvalue weighted by Crippen LogP contribution is 2.24. The zero-order valence-electron chi connectivity index (χ0n) is 12.1. The number of nitrogen functional groups attached to an aromatic ring is 1. The lowest BCUT2D eigenvalue weighted by Gasteiger charge is -2.04. The lowest BCUT2D eigenvalue weighted by molar-refractivity contribution is 0.0953. The van der Waals surface area contributed by atoms with Crippen LogP contribution in [0.4, 0.5) is 5.13 Å². The van der Waals surface area contributed by atoms with Crippen LogP contribution in [0.25, 0.3) is 10.2 Å². The molecule has 5 nitrogen and oxygen atoms in total. The predicted octanol–water partition coefficient (Wildman–Crippen LogP) is 3.01. The number of nitrogens with two attached hydrogens (primary N) is 1. The molecule has 0 saturated carbocycles. The van der Waals surface area contributed by atoms with Crippen molar-refractivity contribution in [3.63, 3.8) is 0 Å². The van der Waals surface area contributed by atoms with E-state index < -0.39 is 0 Å². The van der Waals surface area contributed by atoms with Gasteiger partial charge in [0.15, 0.2) is 5.13 Å². The number of fused-ring (bicyclic) bond motifs is 1. The molecule has 1 amide bonds. The number of nitrogens with one attached hydrogen (secondary N) is 1. The number of carbonyl (C=O) groups is 1. The second-order valence-corrected chi connectivity index (χ2v) is 6.98. The number of thiazole rings is 2. The van der Waals surface area contributed by atoms with Crippen molar-refractivity contribution in [3.8, 4) is 0 Å². The van der Waals surface area contributed by atoms with E-state index in [2.05, 4.69) is 15.3 Å². The van der Waals surface area contributed by atoms with Crippen LogP contribution in [0.2, 0.25) is 0 Å². The van der Waals surface area contributed by atoms with Crippen molar-refractivity contribution in [2.24, 2.45) is 0 Å². The number of anilines is 1. The first-order chi connectivity index (χ1) is 10.6. The second-order valence-electron chi connectivity index (χ2n) is 4.98. The summed E-state index contributed by atoms with van der Waals surface area (Å²) in [5.41, 5.74) is 8.20. The first-order valence-electron chi connectivity index (χ1n) is 6.97. The van der Waals surface area contributed by atoms with Crippen LogP contribution in [0.5, 0.6) is 0 Å². The maximum Gasteiger partial charge on any atom is 0.251 e. The molecule has 0 unspecified atom stereocenters. The van der Waals surface area contributed by atoms with Gasteiger partial charge >= 0.3 is 0 Å². The summed E-state index contributed by atoms with van der Waals surface area (Å²) in [6.07, 6.45) is 1.78. The molecule has 22 heavy (non-hydrogen) atoms. The van der Waals surface area contributed by atoms with Gasteiger partial charge in [0.05, 0.1) is 15.2 Å². The summed E-state index contributed by atoms with van der Waals surface area (Å²) in [6.45, 7) is 2.63. The van der Waals surface area contributed by atoms with Gasteiger partial charge in [-0.25, -0.2) is 9.97 Å². The van der Waals surface area contributed by atoms with E-state index in [0.717, 1.165) is 33.8 Å². The number of nitrogens with zero attached hydrogens (tertiary/aromatic N) is 2. The molecule has 0 aliphatic carbocycles. The average molecular weight is 332 g/mol. The Kier molecular flexibility index (Phi) is 4.35. The van der Waals surface area contributed by atoms with Gasteiger partial charge in [-0.1, -0.05) is 11.3 Å². The number of benzene rings is 1. The third kappa shape index (κ3) is 3.42. The molecule has 0 atom stereocenters. The highest BCUT2D eigenvalue weighted by molar-refractivity contribution is 7.22. The quantitative estimate of drug-likeness (QED) is 0.704. The summed E-state index contributed by atoms with van der Waals surface area (Å²) in [5, 5.41) is 6.62. The van der Waals surface area contributed by atoms with Crippen molar-refractivity contribution in [2.75, 3.05) is 12.3 Å². The number of hydrogen-bond donors (Lipinski definition) is 2. The summed E-state index contributed by atoms with van der Waals surface area (Å²) in [4.78, 5) is 20.7. The van der Waals surface area contributed by atoms with E-state index in [-0.39, 0.29) is 5.91 Å². The number of aryl methyl sites for hydroxylation is 2. The molecule has 3 aromatic rings. The van der Waals surface area contributed by atoms with E-state index in [4.69, 9.17) is 5.73 Å². The molecule has 0 saturated heterocycles. The van der Waals surface area contributed by atoms with Crippen LogP contribution in [-0.4, -0.2) is 22.4 Å². The molecule has 0 aliphatic rings. The van der Waals surface area contributed by atoms with E-state index >= 15 is 0 Å². The van der Waals surface area contributed by atoms with Crippen LogP contribution < -0.4 is 11.1 Å². The first-order valence-corrected chi connectivity index (χ1v) is 8.67. The molecular formula is C15H16N4OS2. The van der Waals surface area contributed by atoms with Crippen LogP contribution in [-0.2, 0) is 6.42 Å². The van der Waals surface area contributed by atoms with Gasteiger partial charge in [-0.15, -0.1) is 11.3 Å². The Labute approximate surface area is 136 Å². The highest BCUT2D eigenvalue weighted by Gasteiger charge is 2.08. The summed E-state index contributed by atoms with van der Waals surface area (Å²) in [7, 11) is 0. The molecule has 0 fully saturated rings. The maximum absolute atomic E-state index is 12.1. The molecule has 0 radical (unpaired) electrons. The molecule has 1 aromatic carbocycles. The van der Waals surface area contributed by atoms with Crippen molar-refractivity contribution in [1.29, 1.82) is 0 Å². The summed E-state index contributed by atoms with van der Waals surface area (Å²) >= 11 is 3.06. The van der Waals surface area contributed by atoms with E-state index in [1.165, 1.54) is 11.3 Å². The molecule has 7 heteroatoms. The van der Waals surface area contributed by atoms with Crippen molar-refractivity contribution in [1.82, 2.24) is 15.3 Å². The molecule has 0 bridgehead atoms. The van der Waals surface area contributed by atoms with Gasteiger partial charge in [0.1, 0.15) is 0 Å². The van der Waals surface area contributed by atoms with E-state index in [1.807, 2.05) is 24.4 Å². The highest BCUT2D eigenvalue weighted by atomic mass is 32.1. The predicted molar refractivity (Wildman–Crippen MR) is 91.5 cm³/mol. The van der Waals surface area contributed by atoms with Crippen LogP contribution >= 0.6 is 22.7 Å². The zero-order chi connectivity index (χ0) is 15.5. The number of rotatable bonds is 5. The summed E-state index contributed by atoms with van der Waals surface area (Å²) < 4.78 is 0.934. The van der Waals surface area contributed by atoms with Crippen molar-refractivity contribution in [2.45, 2.75) is 19.8 Å². The van der Waals surface area contributed by atoms with Crippen LogP contribution in [0.15, 0.2) is 23.6 Å². The van der Waals surface area contributed by atoms with E-state index in [0.29, 0.717) is 17.2 Å². The number of aromatic nitrogens is 2. The third-order valence-corrected chi connectivity index (χ3v) is 5.06. The monoisotopic (exact) mass is 332 g/mol. The Morgan fingerprint density at radius 1 is 1.36 bits per heavy atom. The number of hydrogen-bond acceptors (Lipinski definition) is 6. The van der Waals surface area contributed by atoms with E-state index in [1.54, 1.807) is 17.4 Å². The smallest absolute Gasteiger partial charge is 0.251 e. The topological polar surface area (TPSA) is 80.9 Å². The van der Waals surface area contributed by atoms with Gasteiger partial charge in [0.2, 0.25) is 0 Å². The van der Waals surface area contributed by atoms with Gasteiger partial charge < -0.3 is 11.1 Å². The molecular weight excluding hydrogens is 316 g/mol. The van der Waals surface area contributed by atoms with E-state index in [9.17, 15) is 4.79 Å². The lowest BCUT2D eigenvalue weighted by Crippen LogP contribution is -2.24. The Morgan fingerprint density at radius 3 is 3.00 bits per heavy atom. The van der Waals surface area contributed by atoms with Crippen molar-refractivity contribution >= 4 is 43.9 Å². The Bertz CT molecular complexity index is 809. The third-order valence-electron chi connectivity index (χ3n) is 3.19. The fourth-order valence-electron chi connectivity index (χ4n) is 2.14. The Morgan fingerprint density at radius 2 is 2.23 bits per heavy atom. The molecule has 3 N–H and O–H groups in total. The van der Waals surface area contributed by atoms with Crippen LogP contribution in [0, 0.1) is 6.92 Å². The molecule has 2 aromatic heterocycles. The minimum Gasteiger partial charge on any atom is -0.375 e. The van der Waals surface area contributed by atoms with Crippen LogP contribution in [0.1, 0.15) is 27.5 Å². The van der Waals surface area contributed by atoms with Gasteiger partial charge in [0.25, 0.3) is 5.91 Å². The molecule has 0 aliphatic heterocycles. The standard InChI is InChI=1S/C15H16N4OS2/c1-9-8-21-13(18-9)3-2-6-17-14(20)10-4-5-11-12(7-10)22-15(16)19-11/h4-5,7-8H,2-3,6H2,1H3,(H2,16,19)(H,17,20). The zero-order valence-corrected chi connectivity index (χ0v) is 13.8. The molecule has 0 spiro atoms. The minimum atomic E-state index is -0.0656. The first kappa shape index (κ1) is 14.9. The number of carbonyl (C=O) groups excluding carboxylic acids is 1. The van der Waals surface area contributed by atoms with Gasteiger partial charge in [0, 0.05) is 29.6 Å². The number of amides is 1. The average Bonchev–Trinajstić information content (AvgIpc) is 3.07. The van der Waals surface area contributed by atoms with Gasteiger partial charge in [-0.05, 0) is 31.5 Å². The Balaban J connectivity index is 1.54. The van der Waals surface area contributed by atoms with Crippen molar-refractivity contribution in [3.05, 3.63) is 39.8 Å². The van der Waals surface area contributed by atoms with Gasteiger partial charge in [-0.2, -0.15) is 0 Å². The maximum atomic E-state index is 12.1.